The summed E-state index contributed by atoms with van der Waals surface area (Å²) < 4.78 is 1.85. The minimum absolute atomic E-state index is 0.0578. The average Bonchev–Trinajstić information content (AvgIpc) is 3.03. The minimum Gasteiger partial charge on any atom is -0.355 e. The van der Waals surface area contributed by atoms with E-state index in [1.165, 1.54) is 0 Å². The van der Waals surface area contributed by atoms with Crippen LogP contribution in [-0.4, -0.2) is 44.9 Å². The van der Waals surface area contributed by atoms with E-state index in [1.54, 1.807) is 18.6 Å². The van der Waals surface area contributed by atoms with Crippen molar-refractivity contribution in [3.05, 3.63) is 54.4 Å². The van der Waals surface area contributed by atoms with Gasteiger partial charge in [-0.3, -0.25) is 14.2 Å². The molecule has 1 N–H and O–H groups in total. The maximum absolute atomic E-state index is 12.7. The van der Waals surface area contributed by atoms with E-state index < -0.39 is 0 Å². The molecule has 3 aromatic rings. The van der Waals surface area contributed by atoms with E-state index in [4.69, 9.17) is 0 Å². The first-order chi connectivity index (χ1) is 12.7. The lowest BCUT2D eigenvalue weighted by atomic mass is 9.97. The third-order valence-electron chi connectivity index (χ3n) is 4.96. The van der Waals surface area contributed by atoms with Gasteiger partial charge in [-0.1, -0.05) is 6.07 Å². The van der Waals surface area contributed by atoms with Crippen molar-refractivity contribution < 1.29 is 4.79 Å². The maximum atomic E-state index is 12.7. The molecule has 0 spiro atoms. The van der Waals surface area contributed by atoms with Crippen LogP contribution < -0.4 is 10.2 Å². The molecule has 26 heavy (non-hydrogen) atoms. The Bertz CT molecular complexity index is 899. The summed E-state index contributed by atoms with van der Waals surface area (Å²) in [6.07, 6.45) is 9.15. The van der Waals surface area contributed by atoms with Gasteiger partial charge < -0.3 is 10.2 Å². The summed E-state index contributed by atoms with van der Waals surface area (Å²) in [5, 5.41) is 3.10. The number of amides is 1. The van der Waals surface area contributed by atoms with Crippen LogP contribution in [0.2, 0.25) is 0 Å². The van der Waals surface area contributed by atoms with Crippen LogP contribution in [0.4, 0.5) is 5.82 Å². The number of aromatic nitrogens is 4. The molecule has 1 aliphatic rings. The highest BCUT2D eigenvalue weighted by Gasteiger charge is 2.22. The van der Waals surface area contributed by atoms with Crippen LogP contribution >= 0.6 is 0 Å². The van der Waals surface area contributed by atoms with Crippen LogP contribution in [0.25, 0.3) is 5.65 Å². The predicted octanol–water partition coefficient (Wildman–Crippen LogP) is 2.08. The van der Waals surface area contributed by atoms with E-state index in [0.717, 1.165) is 43.1 Å². The summed E-state index contributed by atoms with van der Waals surface area (Å²) in [6, 6.07) is 5.74. The molecule has 1 aliphatic heterocycles. The highest BCUT2D eigenvalue weighted by molar-refractivity contribution is 5.94. The molecule has 0 unspecified atom stereocenters. The number of nitrogens with zero attached hydrogens (tertiary/aromatic N) is 5. The minimum atomic E-state index is -0.0578. The Morgan fingerprint density at radius 2 is 2.12 bits per heavy atom. The number of anilines is 1. The molecular formula is C19H22N6O. The molecule has 1 fully saturated rings. The number of hydrogen-bond acceptors (Lipinski definition) is 5. The highest BCUT2D eigenvalue weighted by Crippen LogP contribution is 2.20. The summed E-state index contributed by atoms with van der Waals surface area (Å²) in [5.41, 5.74) is 2.18. The number of carbonyl (C=O) groups excluding carboxylic acids is 1. The van der Waals surface area contributed by atoms with Crippen LogP contribution in [0, 0.1) is 12.8 Å². The van der Waals surface area contributed by atoms with E-state index >= 15 is 0 Å². The smallest absolute Gasteiger partial charge is 0.270 e. The molecule has 0 radical (unpaired) electrons. The lowest BCUT2D eigenvalue weighted by Gasteiger charge is -2.32. The number of rotatable bonds is 4. The summed E-state index contributed by atoms with van der Waals surface area (Å²) >= 11 is 0. The Labute approximate surface area is 152 Å². The number of pyridine rings is 1. The molecule has 0 aromatic carbocycles. The zero-order chi connectivity index (χ0) is 17.9. The second kappa shape index (κ2) is 7.11. The topological polar surface area (TPSA) is 75.4 Å². The lowest BCUT2D eigenvalue weighted by molar-refractivity contribution is 0.0938. The van der Waals surface area contributed by atoms with Gasteiger partial charge in [0.05, 0.1) is 11.9 Å². The van der Waals surface area contributed by atoms with Gasteiger partial charge in [0.2, 0.25) is 0 Å². The second-order valence-electron chi connectivity index (χ2n) is 6.68. The van der Waals surface area contributed by atoms with Gasteiger partial charge in [0.1, 0.15) is 17.2 Å². The van der Waals surface area contributed by atoms with Crippen molar-refractivity contribution in [1.82, 2.24) is 24.7 Å². The largest absolute Gasteiger partial charge is 0.355 e. The van der Waals surface area contributed by atoms with Crippen LogP contribution in [0.15, 0.2) is 43.0 Å². The molecule has 4 heterocycles. The van der Waals surface area contributed by atoms with Gasteiger partial charge in [0.15, 0.2) is 0 Å². The standard InChI is InChI=1S/C19H22N6O/c1-14-18(25-9-3-2-4-16(25)23-14)19(26)22-12-15-5-10-24(11-6-15)17-13-20-7-8-21-17/h2-4,7-9,13,15H,5-6,10-12H2,1H3,(H,22,26). The van der Waals surface area contributed by atoms with Crippen LogP contribution in [0.5, 0.6) is 0 Å². The van der Waals surface area contributed by atoms with Crippen LogP contribution in [0.1, 0.15) is 29.0 Å². The Morgan fingerprint density at radius 3 is 2.88 bits per heavy atom. The van der Waals surface area contributed by atoms with E-state index in [9.17, 15) is 4.79 Å². The molecule has 7 heteroatoms. The zero-order valence-corrected chi connectivity index (χ0v) is 14.8. The number of aryl methyl sites for hydroxylation is 1. The number of nitrogens with one attached hydrogen (secondary N) is 1. The summed E-state index contributed by atoms with van der Waals surface area (Å²) in [5.74, 6) is 1.35. The second-order valence-corrected chi connectivity index (χ2v) is 6.68. The Kier molecular flexibility index (Phi) is 4.51. The third-order valence-corrected chi connectivity index (χ3v) is 4.96. The van der Waals surface area contributed by atoms with Gasteiger partial charge in [-0.25, -0.2) is 9.97 Å². The normalized spacial score (nSPS) is 15.3. The highest BCUT2D eigenvalue weighted by atomic mass is 16.1. The van der Waals surface area contributed by atoms with Gasteiger partial charge in [-0.05, 0) is 37.8 Å². The monoisotopic (exact) mass is 350 g/mol. The number of fused-ring (bicyclic) bond motifs is 1. The number of piperidine rings is 1. The molecule has 1 amide bonds. The van der Waals surface area contributed by atoms with Crippen molar-refractivity contribution in [3.8, 4) is 0 Å². The molecule has 3 aromatic heterocycles. The number of hydrogen-bond donors (Lipinski definition) is 1. The number of carbonyl (C=O) groups is 1. The van der Waals surface area contributed by atoms with Crippen molar-refractivity contribution in [2.24, 2.45) is 5.92 Å². The van der Waals surface area contributed by atoms with E-state index in [0.29, 0.717) is 18.2 Å². The lowest BCUT2D eigenvalue weighted by Crippen LogP contribution is -2.39. The van der Waals surface area contributed by atoms with Gasteiger partial charge in [-0.15, -0.1) is 0 Å². The predicted molar refractivity (Wildman–Crippen MR) is 99.2 cm³/mol. The van der Waals surface area contributed by atoms with E-state index in [1.807, 2.05) is 35.7 Å². The van der Waals surface area contributed by atoms with Crippen LogP contribution in [-0.2, 0) is 0 Å². The fourth-order valence-electron chi connectivity index (χ4n) is 3.53. The summed E-state index contributed by atoms with van der Waals surface area (Å²) in [6.45, 7) is 4.44. The Morgan fingerprint density at radius 1 is 1.27 bits per heavy atom. The SMILES string of the molecule is Cc1nc2ccccn2c1C(=O)NCC1CCN(c2cnccn2)CC1. The van der Waals surface area contributed by atoms with Crippen molar-refractivity contribution in [2.75, 3.05) is 24.5 Å². The molecule has 134 valence electrons. The van der Waals surface area contributed by atoms with Crippen molar-refractivity contribution in [3.63, 3.8) is 0 Å². The van der Waals surface area contributed by atoms with Crippen LogP contribution in [0.3, 0.4) is 0 Å². The molecular weight excluding hydrogens is 328 g/mol. The molecule has 0 atom stereocenters. The van der Waals surface area contributed by atoms with Gasteiger partial charge >= 0.3 is 0 Å². The molecule has 4 rings (SSSR count). The first kappa shape index (κ1) is 16.5. The quantitative estimate of drug-likeness (QED) is 0.780. The third kappa shape index (κ3) is 3.24. The first-order valence-corrected chi connectivity index (χ1v) is 8.95. The number of imidazole rings is 1. The Hall–Kier alpha value is -2.96. The summed E-state index contributed by atoms with van der Waals surface area (Å²) in [4.78, 5) is 27.9. The fourth-order valence-corrected chi connectivity index (χ4v) is 3.53. The van der Waals surface area contributed by atoms with E-state index in [2.05, 4.69) is 25.2 Å². The van der Waals surface area contributed by atoms with Gasteiger partial charge in [0, 0.05) is 38.2 Å². The van der Waals surface area contributed by atoms with E-state index in [-0.39, 0.29) is 5.91 Å². The molecule has 0 bridgehead atoms. The zero-order valence-electron chi connectivity index (χ0n) is 14.8. The first-order valence-electron chi connectivity index (χ1n) is 8.95. The molecule has 0 saturated carbocycles. The average molecular weight is 350 g/mol. The fraction of sp³-hybridized carbons (Fsp3) is 0.368. The molecule has 0 aliphatic carbocycles. The molecule has 1 saturated heterocycles. The van der Waals surface area contributed by atoms with Crippen molar-refractivity contribution in [1.29, 1.82) is 0 Å². The summed E-state index contributed by atoms with van der Waals surface area (Å²) in [7, 11) is 0. The Balaban J connectivity index is 1.35. The van der Waals surface area contributed by atoms with Crippen molar-refractivity contribution >= 4 is 17.4 Å². The molecule has 7 nitrogen and oxygen atoms in total. The van der Waals surface area contributed by atoms with Gasteiger partial charge in [0.25, 0.3) is 5.91 Å². The van der Waals surface area contributed by atoms with Crippen molar-refractivity contribution in [2.45, 2.75) is 19.8 Å². The van der Waals surface area contributed by atoms with Gasteiger partial charge in [-0.2, -0.15) is 0 Å². The maximum Gasteiger partial charge on any atom is 0.270 e.